The number of rotatable bonds is 7. The first-order valence-electron chi connectivity index (χ1n) is 7.41. The predicted octanol–water partition coefficient (Wildman–Crippen LogP) is 2.28. The number of hydrogen-bond acceptors (Lipinski definition) is 6. The van der Waals surface area contributed by atoms with Crippen LogP contribution in [-0.2, 0) is 4.79 Å². The molecule has 0 atom stereocenters. The Hall–Kier alpha value is -3.56. The van der Waals surface area contributed by atoms with Crippen LogP contribution in [0.3, 0.4) is 0 Å². The van der Waals surface area contributed by atoms with Gasteiger partial charge in [0.05, 0.1) is 5.69 Å². The lowest BCUT2D eigenvalue weighted by molar-refractivity contribution is -0.118. The molecule has 0 aliphatic carbocycles. The number of ether oxygens (including phenoxy) is 2. The maximum Gasteiger partial charge on any atom is 0.387 e. The number of alkyl halides is 2. The van der Waals surface area contributed by atoms with E-state index in [9.17, 15) is 13.6 Å². The van der Waals surface area contributed by atoms with Crippen LogP contribution in [-0.4, -0.2) is 39.3 Å². The van der Waals surface area contributed by atoms with Crippen molar-refractivity contribution in [1.29, 1.82) is 0 Å². The van der Waals surface area contributed by atoms with Gasteiger partial charge in [0.15, 0.2) is 6.61 Å². The molecule has 0 spiro atoms. The van der Waals surface area contributed by atoms with Gasteiger partial charge in [-0.3, -0.25) is 4.79 Å². The summed E-state index contributed by atoms with van der Waals surface area (Å²) in [6.45, 7) is -3.10. The molecule has 0 saturated heterocycles. The highest BCUT2D eigenvalue weighted by atomic mass is 19.3. The van der Waals surface area contributed by atoms with Crippen molar-refractivity contribution in [1.82, 2.24) is 20.2 Å². The molecule has 1 N–H and O–H groups in total. The van der Waals surface area contributed by atoms with E-state index in [1.165, 1.54) is 35.3 Å². The van der Waals surface area contributed by atoms with E-state index in [0.717, 1.165) is 5.69 Å². The number of aromatic nitrogens is 4. The second-order valence-electron chi connectivity index (χ2n) is 4.99. The van der Waals surface area contributed by atoms with Crippen LogP contribution in [0.25, 0.3) is 5.69 Å². The molecule has 0 saturated carbocycles. The Morgan fingerprint density at radius 1 is 1.08 bits per heavy atom. The Bertz CT molecular complexity index is 839. The minimum absolute atomic E-state index is 0.0110. The molecule has 0 fully saturated rings. The van der Waals surface area contributed by atoms with Crippen molar-refractivity contribution >= 4 is 11.6 Å². The standard InChI is InChI=1S/C16H13F2N5O3/c17-16(18)26-14-5-1-11(2-6-14)20-15(24)9-25-13-7-3-12(4-8-13)23-10-19-21-22-23/h1-8,10,16H,9H2,(H,20,24). The van der Waals surface area contributed by atoms with Crippen LogP contribution < -0.4 is 14.8 Å². The van der Waals surface area contributed by atoms with Crippen LogP contribution in [0.4, 0.5) is 14.5 Å². The number of benzene rings is 2. The number of carbonyl (C=O) groups is 1. The summed E-state index contributed by atoms with van der Waals surface area (Å²) < 4.78 is 35.3. The fourth-order valence-electron chi connectivity index (χ4n) is 2.04. The van der Waals surface area contributed by atoms with Crippen LogP contribution in [0, 0.1) is 0 Å². The first kappa shape index (κ1) is 17.3. The molecule has 1 aromatic heterocycles. The summed E-state index contributed by atoms with van der Waals surface area (Å²) in [7, 11) is 0. The lowest BCUT2D eigenvalue weighted by atomic mass is 10.3. The SMILES string of the molecule is O=C(COc1ccc(-n2cnnn2)cc1)Nc1ccc(OC(F)F)cc1. The van der Waals surface area contributed by atoms with Gasteiger partial charge in [-0.25, -0.2) is 4.68 Å². The van der Waals surface area contributed by atoms with Crippen molar-refractivity contribution < 1.29 is 23.0 Å². The number of nitrogens with zero attached hydrogens (tertiary/aromatic N) is 4. The molecule has 3 rings (SSSR count). The fraction of sp³-hybridized carbons (Fsp3) is 0.125. The third-order valence-corrected chi connectivity index (χ3v) is 3.18. The Morgan fingerprint density at radius 3 is 2.38 bits per heavy atom. The summed E-state index contributed by atoms with van der Waals surface area (Å²) >= 11 is 0. The number of amides is 1. The lowest BCUT2D eigenvalue weighted by Gasteiger charge is -2.09. The number of hydrogen-bond donors (Lipinski definition) is 1. The molecule has 134 valence electrons. The van der Waals surface area contributed by atoms with Crippen LogP contribution in [0.5, 0.6) is 11.5 Å². The third-order valence-electron chi connectivity index (χ3n) is 3.18. The third kappa shape index (κ3) is 4.72. The topological polar surface area (TPSA) is 91.2 Å². The Morgan fingerprint density at radius 2 is 1.77 bits per heavy atom. The van der Waals surface area contributed by atoms with Crippen LogP contribution in [0.15, 0.2) is 54.9 Å². The number of tetrazole rings is 1. The van der Waals surface area contributed by atoms with Crippen molar-refractivity contribution in [2.75, 3.05) is 11.9 Å². The van der Waals surface area contributed by atoms with Gasteiger partial charge in [-0.05, 0) is 59.0 Å². The van der Waals surface area contributed by atoms with E-state index < -0.39 is 12.5 Å². The van der Waals surface area contributed by atoms with Gasteiger partial charge in [-0.15, -0.1) is 5.10 Å². The molecule has 0 bridgehead atoms. The molecule has 3 aromatic rings. The first-order chi connectivity index (χ1) is 12.6. The Kier molecular flexibility index (Phi) is 5.32. The van der Waals surface area contributed by atoms with Gasteiger partial charge in [-0.2, -0.15) is 8.78 Å². The van der Waals surface area contributed by atoms with E-state index in [-0.39, 0.29) is 12.4 Å². The molecular weight excluding hydrogens is 348 g/mol. The highest BCUT2D eigenvalue weighted by Crippen LogP contribution is 2.18. The summed E-state index contributed by atoms with van der Waals surface area (Å²) in [5, 5.41) is 13.4. The summed E-state index contributed by atoms with van der Waals surface area (Å²) in [6.07, 6.45) is 1.46. The molecule has 26 heavy (non-hydrogen) atoms. The van der Waals surface area contributed by atoms with Crippen LogP contribution in [0.1, 0.15) is 0 Å². The molecule has 0 radical (unpaired) electrons. The average Bonchev–Trinajstić information content (AvgIpc) is 3.16. The average molecular weight is 361 g/mol. The lowest BCUT2D eigenvalue weighted by Crippen LogP contribution is -2.20. The molecular formula is C16H13F2N5O3. The number of halogens is 2. The van der Waals surface area contributed by atoms with Crippen LogP contribution in [0.2, 0.25) is 0 Å². The van der Waals surface area contributed by atoms with Crippen molar-refractivity contribution in [3.8, 4) is 17.2 Å². The molecule has 1 heterocycles. The molecule has 2 aromatic carbocycles. The number of nitrogens with one attached hydrogen (secondary N) is 1. The quantitative estimate of drug-likeness (QED) is 0.694. The van der Waals surface area contributed by atoms with Gasteiger partial charge in [0.1, 0.15) is 17.8 Å². The molecule has 10 heteroatoms. The van der Waals surface area contributed by atoms with Crippen LogP contribution >= 0.6 is 0 Å². The van der Waals surface area contributed by atoms with Gasteiger partial charge in [-0.1, -0.05) is 0 Å². The van der Waals surface area contributed by atoms with E-state index >= 15 is 0 Å². The molecule has 0 aliphatic rings. The van der Waals surface area contributed by atoms with Gasteiger partial charge < -0.3 is 14.8 Å². The molecule has 0 aliphatic heterocycles. The predicted molar refractivity (Wildman–Crippen MR) is 86.4 cm³/mol. The second-order valence-corrected chi connectivity index (χ2v) is 4.99. The minimum Gasteiger partial charge on any atom is -0.484 e. The van der Waals surface area contributed by atoms with Gasteiger partial charge in [0.25, 0.3) is 5.91 Å². The number of anilines is 1. The van der Waals surface area contributed by atoms with E-state index in [4.69, 9.17) is 4.74 Å². The van der Waals surface area contributed by atoms with E-state index in [1.54, 1.807) is 24.3 Å². The van der Waals surface area contributed by atoms with Crippen molar-refractivity contribution in [2.24, 2.45) is 0 Å². The molecule has 1 amide bonds. The fourth-order valence-corrected chi connectivity index (χ4v) is 2.04. The minimum atomic E-state index is -2.89. The summed E-state index contributed by atoms with van der Waals surface area (Å²) in [4.78, 5) is 11.9. The highest BCUT2D eigenvalue weighted by Gasteiger charge is 2.07. The van der Waals surface area contributed by atoms with E-state index in [1.807, 2.05) is 0 Å². The Balaban J connectivity index is 1.49. The second kappa shape index (κ2) is 8.01. The summed E-state index contributed by atoms with van der Waals surface area (Å²) in [6, 6.07) is 12.4. The van der Waals surface area contributed by atoms with Crippen molar-refractivity contribution in [3.63, 3.8) is 0 Å². The monoisotopic (exact) mass is 361 g/mol. The van der Waals surface area contributed by atoms with E-state index in [0.29, 0.717) is 11.4 Å². The van der Waals surface area contributed by atoms with Crippen molar-refractivity contribution in [3.05, 3.63) is 54.9 Å². The summed E-state index contributed by atoms with van der Waals surface area (Å²) in [5.74, 6) is 0.117. The zero-order valence-electron chi connectivity index (χ0n) is 13.3. The summed E-state index contributed by atoms with van der Waals surface area (Å²) in [5.41, 5.74) is 1.19. The van der Waals surface area contributed by atoms with E-state index in [2.05, 4.69) is 25.6 Å². The van der Waals surface area contributed by atoms with Gasteiger partial charge in [0.2, 0.25) is 0 Å². The van der Waals surface area contributed by atoms with Crippen molar-refractivity contribution in [2.45, 2.75) is 6.61 Å². The maximum atomic E-state index is 12.1. The van der Waals surface area contributed by atoms with Gasteiger partial charge in [0, 0.05) is 5.69 Å². The normalized spacial score (nSPS) is 10.6. The Labute approximate surface area is 146 Å². The molecule has 8 nitrogen and oxygen atoms in total. The largest absolute Gasteiger partial charge is 0.484 e. The first-order valence-corrected chi connectivity index (χ1v) is 7.41. The number of carbonyl (C=O) groups excluding carboxylic acids is 1. The van der Waals surface area contributed by atoms with Gasteiger partial charge >= 0.3 is 6.61 Å². The maximum absolute atomic E-state index is 12.1. The highest BCUT2D eigenvalue weighted by molar-refractivity contribution is 5.91. The smallest absolute Gasteiger partial charge is 0.387 e. The zero-order valence-corrected chi connectivity index (χ0v) is 13.3. The zero-order chi connectivity index (χ0) is 18.4. The molecule has 0 unspecified atom stereocenters.